The number of nitrogens with one attached hydrogen (secondary N) is 1. The minimum Gasteiger partial charge on any atom is -0.368 e. The van der Waals surface area contributed by atoms with E-state index in [1.807, 2.05) is 4.90 Å². The second kappa shape index (κ2) is 8.51. The molecule has 1 N–H and O–H groups in total. The van der Waals surface area contributed by atoms with E-state index in [4.69, 9.17) is 4.74 Å². The van der Waals surface area contributed by atoms with Crippen molar-refractivity contribution >= 4 is 18.3 Å². The van der Waals surface area contributed by atoms with Crippen LogP contribution in [0.25, 0.3) is 0 Å². The van der Waals surface area contributed by atoms with Gasteiger partial charge in [0.25, 0.3) is 0 Å². The SMILES string of the molecule is CC1CCCCC1OCC(=O)N1CC[C@@H]2CNC[C@@H]2CC1.Cl. The van der Waals surface area contributed by atoms with Crippen molar-refractivity contribution in [3.05, 3.63) is 0 Å². The van der Waals surface area contributed by atoms with Crippen LogP contribution in [0.3, 0.4) is 0 Å². The van der Waals surface area contributed by atoms with Crippen molar-refractivity contribution in [3.63, 3.8) is 0 Å². The molecule has 0 aromatic carbocycles. The Morgan fingerprint density at radius 2 is 1.73 bits per heavy atom. The van der Waals surface area contributed by atoms with Gasteiger partial charge in [0, 0.05) is 13.1 Å². The Morgan fingerprint density at radius 1 is 1.09 bits per heavy atom. The van der Waals surface area contributed by atoms with E-state index in [9.17, 15) is 4.79 Å². The molecule has 3 rings (SSSR count). The molecule has 2 saturated heterocycles. The molecule has 2 unspecified atom stereocenters. The van der Waals surface area contributed by atoms with E-state index in [-0.39, 0.29) is 18.3 Å². The molecule has 5 heteroatoms. The van der Waals surface area contributed by atoms with E-state index < -0.39 is 0 Å². The number of fused-ring (bicyclic) bond motifs is 1. The highest BCUT2D eigenvalue weighted by Gasteiger charge is 2.31. The molecule has 0 radical (unpaired) electrons. The maximum atomic E-state index is 12.4. The molecule has 0 aromatic heterocycles. The van der Waals surface area contributed by atoms with Crippen LogP contribution in [-0.2, 0) is 9.53 Å². The van der Waals surface area contributed by atoms with Gasteiger partial charge in [-0.2, -0.15) is 0 Å². The first-order chi connectivity index (χ1) is 10.2. The fourth-order valence-corrected chi connectivity index (χ4v) is 4.27. The highest BCUT2D eigenvalue weighted by Crippen LogP contribution is 2.28. The molecule has 128 valence electrons. The van der Waals surface area contributed by atoms with Crippen molar-refractivity contribution < 1.29 is 9.53 Å². The van der Waals surface area contributed by atoms with Crippen LogP contribution in [0.1, 0.15) is 45.4 Å². The van der Waals surface area contributed by atoms with Crippen molar-refractivity contribution in [3.8, 4) is 0 Å². The number of ether oxygens (including phenoxy) is 1. The van der Waals surface area contributed by atoms with Gasteiger partial charge in [-0.15, -0.1) is 12.4 Å². The van der Waals surface area contributed by atoms with Crippen LogP contribution < -0.4 is 5.32 Å². The molecule has 1 amide bonds. The molecule has 0 bridgehead atoms. The number of hydrogen-bond donors (Lipinski definition) is 1. The van der Waals surface area contributed by atoms with Gasteiger partial charge in [-0.3, -0.25) is 4.79 Å². The van der Waals surface area contributed by atoms with Gasteiger partial charge in [0.1, 0.15) is 6.61 Å². The lowest BCUT2D eigenvalue weighted by Gasteiger charge is -2.29. The van der Waals surface area contributed by atoms with E-state index in [0.717, 1.165) is 57.3 Å². The van der Waals surface area contributed by atoms with E-state index in [2.05, 4.69) is 12.2 Å². The lowest BCUT2D eigenvalue weighted by atomic mass is 9.88. The van der Waals surface area contributed by atoms with E-state index in [1.54, 1.807) is 0 Å². The minimum atomic E-state index is 0. The number of hydrogen-bond acceptors (Lipinski definition) is 3. The number of carbonyl (C=O) groups excluding carboxylic acids is 1. The summed E-state index contributed by atoms with van der Waals surface area (Å²) in [6.45, 7) is 6.68. The number of carbonyl (C=O) groups is 1. The van der Waals surface area contributed by atoms with Crippen LogP contribution in [0.2, 0.25) is 0 Å². The average Bonchev–Trinajstić information content (AvgIpc) is 2.85. The Hall–Kier alpha value is -0.320. The number of halogens is 1. The fourth-order valence-electron chi connectivity index (χ4n) is 4.27. The van der Waals surface area contributed by atoms with Crippen molar-refractivity contribution in [2.75, 3.05) is 32.8 Å². The average molecular weight is 331 g/mol. The zero-order valence-corrected chi connectivity index (χ0v) is 14.6. The summed E-state index contributed by atoms with van der Waals surface area (Å²) in [5.74, 6) is 2.38. The molecule has 2 aliphatic heterocycles. The van der Waals surface area contributed by atoms with Crippen LogP contribution in [0.5, 0.6) is 0 Å². The Balaban J connectivity index is 0.00000176. The van der Waals surface area contributed by atoms with E-state index in [0.29, 0.717) is 18.6 Å². The molecule has 4 nitrogen and oxygen atoms in total. The highest BCUT2D eigenvalue weighted by molar-refractivity contribution is 5.85. The molecule has 3 aliphatic rings. The third kappa shape index (κ3) is 4.36. The molecule has 1 aliphatic carbocycles. The van der Waals surface area contributed by atoms with Gasteiger partial charge < -0.3 is 15.0 Å². The Morgan fingerprint density at radius 3 is 2.36 bits per heavy atom. The number of rotatable bonds is 3. The topological polar surface area (TPSA) is 41.6 Å². The summed E-state index contributed by atoms with van der Waals surface area (Å²) in [7, 11) is 0. The van der Waals surface area contributed by atoms with Gasteiger partial charge in [0.05, 0.1) is 6.10 Å². The van der Waals surface area contributed by atoms with Gasteiger partial charge in [0.2, 0.25) is 5.91 Å². The Kier molecular flexibility index (Phi) is 6.97. The quantitative estimate of drug-likeness (QED) is 0.864. The number of amides is 1. The normalized spacial score (nSPS) is 35.4. The highest BCUT2D eigenvalue weighted by atomic mass is 35.5. The molecule has 2 heterocycles. The van der Waals surface area contributed by atoms with E-state index in [1.165, 1.54) is 19.3 Å². The summed E-state index contributed by atoms with van der Waals surface area (Å²) in [5, 5.41) is 3.48. The second-order valence-corrected chi connectivity index (χ2v) is 7.25. The monoisotopic (exact) mass is 330 g/mol. The second-order valence-electron chi connectivity index (χ2n) is 7.25. The maximum Gasteiger partial charge on any atom is 0.248 e. The standard InChI is InChI=1S/C17H30N2O2.ClH/c1-13-4-2-3-5-16(13)21-12-17(20)19-8-6-14-10-18-11-15(14)7-9-19;/h13-16,18H,2-12H2,1H3;1H/t13?,14-,15+,16?;. The summed E-state index contributed by atoms with van der Waals surface area (Å²) in [6.07, 6.45) is 7.56. The molecule has 0 spiro atoms. The summed E-state index contributed by atoms with van der Waals surface area (Å²) in [6, 6.07) is 0. The molecular formula is C17H31ClN2O2. The smallest absolute Gasteiger partial charge is 0.248 e. The first-order valence-electron chi connectivity index (χ1n) is 8.84. The molecule has 4 atom stereocenters. The lowest BCUT2D eigenvalue weighted by molar-refractivity contribution is -0.140. The molecule has 22 heavy (non-hydrogen) atoms. The van der Waals surface area contributed by atoms with Gasteiger partial charge in [-0.25, -0.2) is 0 Å². The van der Waals surface area contributed by atoms with Crippen LogP contribution in [0, 0.1) is 17.8 Å². The third-order valence-electron chi connectivity index (χ3n) is 5.83. The zero-order valence-electron chi connectivity index (χ0n) is 13.8. The van der Waals surface area contributed by atoms with Crippen molar-refractivity contribution in [2.24, 2.45) is 17.8 Å². The number of nitrogens with zero attached hydrogens (tertiary/aromatic N) is 1. The van der Waals surface area contributed by atoms with Gasteiger partial charge in [-0.1, -0.05) is 19.8 Å². The summed E-state index contributed by atoms with van der Waals surface area (Å²) >= 11 is 0. The van der Waals surface area contributed by atoms with E-state index >= 15 is 0 Å². The van der Waals surface area contributed by atoms with Gasteiger partial charge in [0.15, 0.2) is 0 Å². The largest absolute Gasteiger partial charge is 0.368 e. The first-order valence-corrected chi connectivity index (χ1v) is 8.84. The molecule has 1 saturated carbocycles. The van der Waals surface area contributed by atoms with Crippen LogP contribution in [-0.4, -0.2) is 49.7 Å². The minimum absolute atomic E-state index is 0. The summed E-state index contributed by atoms with van der Waals surface area (Å²) < 4.78 is 5.94. The van der Waals surface area contributed by atoms with Crippen molar-refractivity contribution in [2.45, 2.75) is 51.6 Å². The molecule has 0 aromatic rings. The van der Waals surface area contributed by atoms with Crippen LogP contribution in [0.15, 0.2) is 0 Å². The third-order valence-corrected chi connectivity index (χ3v) is 5.83. The lowest BCUT2D eigenvalue weighted by Crippen LogP contribution is -2.37. The van der Waals surface area contributed by atoms with Crippen molar-refractivity contribution in [1.29, 1.82) is 0 Å². The Labute approximate surface area is 140 Å². The van der Waals surface area contributed by atoms with Gasteiger partial charge in [-0.05, 0) is 56.5 Å². The van der Waals surface area contributed by atoms with Crippen LogP contribution in [0.4, 0.5) is 0 Å². The number of likely N-dealkylation sites (tertiary alicyclic amines) is 1. The first kappa shape index (κ1) is 18.0. The molecular weight excluding hydrogens is 300 g/mol. The van der Waals surface area contributed by atoms with Gasteiger partial charge >= 0.3 is 0 Å². The summed E-state index contributed by atoms with van der Waals surface area (Å²) in [5.41, 5.74) is 0. The summed E-state index contributed by atoms with van der Waals surface area (Å²) in [4.78, 5) is 14.5. The Bertz CT molecular complexity index is 353. The predicted octanol–water partition coefficient (Wildman–Crippen LogP) is 2.46. The zero-order chi connectivity index (χ0) is 14.7. The van der Waals surface area contributed by atoms with Crippen molar-refractivity contribution in [1.82, 2.24) is 10.2 Å². The molecule has 3 fully saturated rings. The predicted molar refractivity (Wildman–Crippen MR) is 90.3 cm³/mol. The fraction of sp³-hybridized carbons (Fsp3) is 0.941. The van der Waals surface area contributed by atoms with Crippen LogP contribution >= 0.6 is 12.4 Å². The maximum absolute atomic E-state index is 12.4.